The van der Waals surface area contributed by atoms with Crippen LogP contribution in [0.1, 0.15) is 35.1 Å². The zero-order chi connectivity index (χ0) is 21.2. The summed E-state index contributed by atoms with van der Waals surface area (Å²) in [7, 11) is 1.64. The van der Waals surface area contributed by atoms with Crippen LogP contribution in [-0.2, 0) is 12.8 Å². The highest BCUT2D eigenvalue weighted by molar-refractivity contribution is 5.94. The van der Waals surface area contributed by atoms with Gasteiger partial charge in [-0.25, -0.2) is 4.98 Å². The minimum absolute atomic E-state index is 0.0656. The van der Waals surface area contributed by atoms with Crippen LogP contribution in [0.4, 0.5) is 0 Å². The van der Waals surface area contributed by atoms with Gasteiger partial charge in [-0.3, -0.25) is 9.79 Å². The Hall–Kier alpha value is -3.35. The number of aromatic nitrogens is 2. The third-order valence-corrected chi connectivity index (χ3v) is 4.75. The summed E-state index contributed by atoms with van der Waals surface area (Å²) in [6, 6.07) is 15.8. The van der Waals surface area contributed by atoms with E-state index >= 15 is 0 Å². The molecule has 3 rings (SSSR count). The van der Waals surface area contributed by atoms with Gasteiger partial charge >= 0.3 is 0 Å². The molecule has 1 aromatic heterocycles. The summed E-state index contributed by atoms with van der Waals surface area (Å²) >= 11 is 0. The number of nitrogens with one attached hydrogen (secondary N) is 4. The maximum atomic E-state index is 11.8. The van der Waals surface area contributed by atoms with Crippen LogP contribution >= 0.6 is 0 Å². The van der Waals surface area contributed by atoms with Crippen molar-refractivity contribution in [2.75, 3.05) is 26.7 Å². The summed E-state index contributed by atoms with van der Waals surface area (Å²) in [5.74, 6) is 1.74. The summed E-state index contributed by atoms with van der Waals surface area (Å²) in [5, 5.41) is 9.30. The maximum Gasteiger partial charge on any atom is 0.251 e. The first-order chi connectivity index (χ1) is 14.7. The molecule has 2 aromatic carbocycles. The van der Waals surface area contributed by atoms with Gasteiger partial charge in [-0.2, -0.15) is 0 Å². The van der Waals surface area contributed by atoms with Gasteiger partial charge in [0.15, 0.2) is 5.96 Å². The number of carbonyl (C=O) groups excluding carboxylic acids is 1. The number of guanidine groups is 1. The second kappa shape index (κ2) is 11.0. The molecule has 0 spiro atoms. The lowest BCUT2D eigenvalue weighted by Crippen LogP contribution is -2.38. The molecule has 30 heavy (non-hydrogen) atoms. The van der Waals surface area contributed by atoms with Gasteiger partial charge in [-0.05, 0) is 49.6 Å². The van der Waals surface area contributed by atoms with E-state index in [0.29, 0.717) is 5.56 Å². The first kappa shape index (κ1) is 21.4. The smallest absolute Gasteiger partial charge is 0.251 e. The van der Waals surface area contributed by atoms with Gasteiger partial charge in [0.1, 0.15) is 5.82 Å². The molecule has 0 aliphatic heterocycles. The van der Waals surface area contributed by atoms with Crippen molar-refractivity contribution >= 4 is 22.9 Å². The molecular weight excluding hydrogens is 376 g/mol. The SMILES string of the molecule is CCNC(=NCCCc1nc2ccccc2[nH]1)NCCc1cccc(C(=O)NC)c1. The average Bonchev–Trinajstić information content (AvgIpc) is 3.19. The average molecular weight is 407 g/mol. The Morgan fingerprint density at radius 3 is 2.77 bits per heavy atom. The second-order valence-electron chi connectivity index (χ2n) is 7.02. The number of aromatic amines is 1. The van der Waals surface area contributed by atoms with E-state index in [1.54, 1.807) is 7.05 Å². The Labute approximate surface area is 177 Å². The largest absolute Gasteiger partial charge is 0.357 e. The van der Waals surface area contributed by atoms with E-state index in [1.807, 2.05) is 48.5 Å². The van der Waals surface area contributed by atoms with Gasteiger partial charge in [0.05, 0.1) is 11.0 Å². The number of aliphatic imine (C=N–C) groups is 1. The third kappa shape index (κ3) is 6.07. The highest BCUT2D eigenvalue weighted by atomic mass is 16.1. The van der Waals surface area contributed by atoms with E-state index in [0.717, 1.165) is 67.3 Å². The van der Waals surface area contributed by atoms with Gasteiger partial charge in [-0.15, -0.1) is 0 Å². The van der Waals surface area contributed by atoms with Crippen LogP contribution < -0.4 is 16.0 Å². The van der Waals surface area contributed by atoms with Crippen LogP contribution in [-0.4, -0.2) is 48.5 Å². The van der Waals surface area contributed by atoms with Crippen molar-refractivity contribution in [3.8, 4) is 0 Å². The van der Waals surface area contributed by atoms with Crippen molar-refractivity contribution in [2.45, 2.75) is 26.2 Å². The molecule has 0 unspecified atom stereocenters. The Balaban J connectivity index is 1.46. The monoisotopic (exact) mass is 406 g/mol. The lowest BCUT2D eigenvalue weighted by molar-refractivity contribution is 0.0963. The fourth-order valence-electron chi connectivity index (χ4n) is 3.24. The highest BCUT2D eigenvalue weighted by Gasteiger charge is 2.05. The van der Waals surface area contributed by atoms with Crippen LogP contribution in [0, 0.1) is 0 Å². The molecule has 0 saturated carbocycles. The molecule has 0 aliphatic rings. The maximum absolute atomic E-state index is 11.8. The molecule has 3 aromatic rings. The van der Waals surface area contributed by atoms with Crippen molar-refractivity contribution in [1.82, 2.24) is 25.9 Å². The van der Waals surface area contributed by atoms with Crippen LogP contribution in [0.2, 0.25) is 0 Å². The molecule has 7 nitrogen and oxygen atoms in total. The molecule has 158 valence electrons. The van der Waals surface area contributed by atoms with E-state index in [4.69, 9.17) is 0 Å². The quantitative estimate of drug-likeness (QED) is 0.250. The van der Waals surface area contributed by atoms with Gasteiger partial charge in [-0.1, -0.05) is 24.3 Å². The van der Waals surface area contributed by atoms with Crippen LogP contribution in [0.5, 0.6) is 0 Å². The number of imidazole rings is 1. The van der Waals surface area contributed by atoms with Crippen LogP contribution in [0.25, 0.3) is 11.0 Å². The van der Waals surface area contributed by atoms with Gasteiger partial charge in [0, 0.05) is 38.7 Å². The molecule has 0 saturated heterocycles. The van der Waals surface area contributed by atoms with Crippen LogP contribution in [0.3, 0.4) is 0 Å². The molecule has 0 aliphatic carbocycles. The van der Waals surface area contributed by atoms with Crippen molar-refractivity contribution in [1.29, 1.82) is 0 Å². The predicted molar refractivity (Wildman–Crippen MR) is 122 cm³/mol. The molecule has 1 heterocycles. The number of hydrogen-bond acceptors (Lipinski definition) is 3. The molecule has 1 amide bonds. The lowest BCUT2D eigenvalue weighted by Gasteiger charge is -2.11. The zero-order valence-electron chi connectivity index (χ0n) is 17.7. The second-order valence-corrected chi connectivity index (χ2v) is 7.02. The minimum Gasteiger partial charge on any atom is -0.357 e. The van der Waals surface area contributed by atoms with Crippen molar-refractivity contribution in [2.24, 2.45) is 4.99 Å². The topological polar surface area (TPSA) is 94.2 Å². The summed E-state index contributed by atoms with van der Waals surface area (Å²) in [4.78, 5) is 24.4. The first-order valence-corrected chi connectivity index (χ1v) is 10.5. The van der Waals surface area contributed by atoms with E-state index < -0.39 is 0 Å². The number of fused-ring (bicyclic) bond motifs is 1. The number of para-hydroxylation sites is 2. The standard InChI is InChI=1S/C23H30N6O/c1-3-25-23(27-15-13-17-8-6-9-18(16-17)22(30)24-2)26-14-7-12-21-28-19-10-4-5-11-20(19)29-21/h4-6,8-11,16H,3,7,12-15H2,1-2H3,(H,24,30)(H,28,29)(H2,25,26,27). The lowest BCUT2D eigenvalue weighted by atomic mass is 10.1. The molecule has 0 bridgehead atoms. The Kier molecular flexibility index (Phi) is 7.83. The molecule has 0 atom stereocenters. The highest BCUT2D eigenvalue weighted by Crippen LogP contribution is 2.11. The number of H-pyrrole nitrogens is 1. The van der Waals surface area contributed by atoms with E-state index in [9.17, 15) is 4.79 Å². The fraction of sp³-hybridized carbons (Fsp3) is 0.348. The first-order valence-electron chi connectivity index (χ1n) is 10.5. The van der Waals surface area contributed by atoms with E-state index in [2.05, 4.69) is 37.8 Å². The van der Waals surface area contributed by atoms with Crippen molar-refractivity contribution in [3.63, 3.8) is 0 Å². The predicted octanol–water partition coefficient (Wildman–Crippen LogP) is 2.65. The summed E-state index contributed by atoms with van der Waals surface area (Å²) in [6.45, 7) is 4.32. The Morgan fingerprint density at radius 2 is 1.97 bits per heavy atom. The molecule has 4 N–H and O–H groups in total. The van der Waals surface area contributed by atoms with E-state index in [-0.39, 0.29) is 5.91 Å². The number of carbonyl (C=O) groups is 1. The van der Waals surface area contributed by atoms with Gasteiger partial charge in [0.2, 0.25) is 0 Å². The van der Waals surface area contributed by atoms with Crippen molar-refractivity contribution in [3.05, 3.63) is 65.5 Å². The van der Waals surface area contributed by atoms with Gasteiger partial charge in [0.25, 0.3) is 5.91 Å². The van der Waals surface area contributed by atoms with Crippen LogP contribution in [0.15, 0.2) is 53.5 Å². The number of aryl methyl sites for hydroxylation is 1. The Morgan fingerprint density at radius 1 is 1.10 bits per heavy atom. The fourth-order valence-corrected chi connectivity index (χ4v) is 3.24. The molecular formula is C23H30N6O. The third-order valence-electron chi connectivity index (χ3n) is 4.75. The number of hydrogen-bond donors (Lipinski definition) is 4. The molecule has 7 heteroatoms. The van der Waals surface area contributed by atoms with Gasteiger partial charge < -0.3 is 20.9 Å². The number of rotatable bonds is 9. The number of benzene rings is 2. The summed E-state index contributed by atoms with van der Waals surface area (Å²) in [5.41, 5.74) is 3.88. The molecule has 0 fully saturated rings. The van der Waals surface area contributed by atoms with E-state index in [1.165, 1.54) is 0 Å². The Bertz CT molecular complexity index is 961. The minimum atomic E-state index is -0.0656. The number of amides is 1. The summed E-state index contributed by atoms with van der Waals surface area (Å²) < 4.78 is 0. The normalized spacial score (nSPS) is 11.5. The number of nitrogens with zero attached hydrogens (tertiary/aromatic N) is 2. The van der Waals surface area contributed by atoms with Crippen molar-refractivity contribution < 1.29 is 4.79 Å². The zero-order valence-corrected chi connectivity index (χ0v) is 17.7. The molecule has 0 radical (unpaired) electrons. The summed E-state index contributed by atoms with van der Waals surface area (Å²) in [6.07, 6.45) is 2.60.